The van der Waals surface area contributed by atoms with E-state index in [1.54, 1.807) is 6.92 Å². The summed E-state index contributed by atoms with van der Waals surface area (Å²) in [5.41, 5.74) is 1.13. The molecule has 0 saturated carbocycles. The summed E-state index contributed by atoms with van der Waals surface area (Å²) in [5.74, 6) is -0.0793. The molecular weight excluding hydrogens is 172 g/mol. The van der Waals surface area contributed by atoms with Crippen LogP contribution < -0.4 is 0 Å². The molecule has 0 atom stereocenters. The van der Waals surface area contributed by atoms with Crippen LogP contribution in [0.4, 0.5) is 0 Å². The molecule has 0 aliphatic heterocycles. The van der Waals surface area contributed by atoms with Gasteiger partial charge in [0.25, 0.3) is 0 Å². The van der Waals surface area contributed by atoms with Crippen LogP contribution >= 0.6 is 0 Å². The van der Waals surface area contributed by atoms with Gasteiger partial charge in [0.2, 0.25) is 0 Å². The highest BCUT2D eigenvalue weighted by Gasteiger charge is 2.08. The van der Waals surface area contributed by atoms with Crippen LogP contribution in [0, 0.1) is 6.92 Å². The fourth-order valence-corrected chi connectivity index (χ4v) is 0.980. The minimum absolute atomic E-state index is 0.0793. The summed E-state index contributed by atoms with van der Waals surface area (Å²) in [6.07, 6.45) is 2.49. The van der Waals surface area contributed by atoms with Crippen molar-refractivity contribution in [3.8, 4) is 5.75 Å². The molecule has 0 aliphatic rings. The molecule has 1 heterocycles. The van der Waals surface area contributed by atoms with E-state index >= 15 is 0 Å². The van der Waals surface area contributed by atoms with Gasteiger partial charge in [-0.25, -0.2) is 0 Å². The van der Waals surface area contributed by atoms with Crippen LogP contribution in [0.25, 0.3) is 0 Å². The zero-order chi connectivity index (χ0) is 9.84. The number of hydrogen-bond acceptors (Lipinski definition) is 5. The molecule has 70 valence electrons. The number of oxime groups is 1. The van der Waals surface area contributed by atoms with E-state index in [1.165, 1.54) is 6.20 Å². The second-order valence-corrected chi connectivity index (χ2v) is 2.53. The van der Waals surface area contributed by atoms with Crippen LogP contribution in [0.2, 0.25) is 0 Å². The topological polar surface area (TPSA) is 85.9 Å². The molecule has 1 aromatic heterocycles. The van der Waals surface area contributed by atoms with E-state index in [0.717, 1.165) is 6.21 Å². The van der Waals surface area contributed by atoms with Crippen molar-refractivity contribution in [1.29, 1.82) is 0 Å². The lowest BCUT2D eigenvalue weighted by atomic mass is 10.1. The predicted molar refractivity (Wildman–Crippen MR) is 45.9 cm³/mol. The lowest BCUT2D eigenvalue weighted by Gasteiger charge is -2.05. The molecule has 1 rings (SSSR count). The first-order chi connectivity index (χ1) is 6.20. The van der Waals surface area contributed by atoms with Gasteiger partial charge in [-0.3, -0.25) is 4.98 Å². The van der Waals surface area contributed by atoms with Crippen molar-refractivity contribution in [2.24, 2.45) is 5.16 Å². The van der Waals surface area contributed by atoms with Gasteiger partial charge in [-0.15, -0.1) is 0 Å². The summed E-state index contributed by atoms with van der Waals surface area (Å²) < 4.78 is 0. The number of aromatic nitrogens is 1. The molecule has 0 saturated heterocycles. The van der Waals surface area contributed by atoms with Crippen molar-refractivity contribution in [1.82, 2.24) is 4.98 Å². The van der Waals surface area contributed by atoms with Crippen LogP contribution in [0.15, 0.2) is 11.4 Å². The number of pyridine rings is 1. The Kier molecular flexibility index (Phi) is 2.81. The highest BCUT2D eigenvalue weighted by atomic mass is 16.4. The van der Waals surface area contributed by atoms with Gasteiger partial charge in [-0.2, -0.15) is 0 Å². The number of rotatable bonds is 2. The molecule has 0 radical (unpaired) electrons. The molecule has 1 aromatic rings. The first kappa shape index (κ1) is 9.47. The van der Waals surface area contributed by atoms with Crippen molar-refractivity contribution in [3.63, 3.8) is 0 Å². The number of hydrogen-bond donors (Lipinski definition) is 3. The molecule has 0 spiro atoms. The second kappa shape index (κ2) is 3.86. The van der Waals surface area contributed by atoms with Gasteiger partial charge in [0.15, 0.2) is 0 Å². The first-order valence-corrected chi connectivity index (χ1v) is 3.66. The van der Waals surface area contributed by atoms with Crippen LogP contribution in [0.3, 0.4) is 0 Å². The van der Waals surface area contributed by atoms with Crippen molar-refractivity contribution in [2.75, 3.05) is 0 Å². The minimum atomic E-state index is -0.262. The fourth-order valence-electron chi connectivity index (χ4n) is 0.980. The zero-order valence-corrected chi connectivity index (χ0v) is 7.10. The number of nitrogens with zero attached hydrogens (tertiary/aromatic N) is 2. The summed E-state index contributed by atoms with van der Waals surface area (Å²) >= 11 is 0. The van der Waals surface area contributed by atoms with E-state index in [4.69, 9.17) is 10.3 Å². The number of aromatic hydroxyl groups is 1. The Bertz CT molecular complexity index is 336. The van der Waals surface area contributed by atoms with E-state index in [0.29, 0.717) is 11.3 Å². The third-order valence-corrected chi connectivity index (χ3v) is 1.71. The fraction of sp³-hybridized carbons (Fsp3) is 0.250. The second-order valence-electron chi connectivity index (χ2n) is 2.53. The van der Waals surface area contributed by atoms with Gasteiger partial charge in [0.1, 0.15) is 5.75 Å². The molecule has 0 amide bonds. The quantitative estimate of drug-likeness (QED) is 0.351. The number of aliphatic hydroxyl groups is 1. The summed E-state index contributed by atoms with van der Waals surface area (Å²) in [5, 5.41) is 29.4. The molecule has 0 unspecified atom stereocenters. The Labute approximate surface area is 75.0 Å². The largest absolute Gasteiger partial charge is 0.505 e. The van der Waals surface area contributed by atoms with Gasteiger partial charge >= 0.3 is 0 Å². The number of aliphatic hydroxyl groups excluding tert-OH is 1. The van der Waals surface area contributed by atoms with Crippen LogP contribution in [0.1, 0.15) is 16.8 Å². The van der Waals surface area contributed by atoms with E-state index < -0.39 is 0 Å². The summed E-state index contributed by atoms with van der Waals surface area (Å²) in [7, 11) is 0. The Balaban J connectivity index is 3.32. The number of aryl methyl sites for hydroxylation is 1. The minimum Gasteiger partial charge on any atom is -0.505 e. The van der Waals surface area contributed by atoms with Crippen LogP contribution in [0.5, 0.6) is 5.75 Å². The van der Waals surface area contributed by atoms with Crippen molar-refractivity contribution >= 4 is 6.21 Å². The summed E-state index contributed by atoms with van der Waals surface area (Å²) in [6, 6.07) is 0. The molecule has 0 fully saturated rings. The Morgan fingerprint density at radius 1 is 1.62 bits per heavy atom. The molecule has 0 bridgehead atoms. The molecule has 0 aromatic carbocycles. The van der Waals surface area contributed by atoms with Crippen LogP contribution in [-0.2, 0) is 6.61 Å². The Hall–Kier alpha value is -1.62. The molecule has 0 aliphatic carbocycles. The van der Waals surface area contributed by atoms with E-state index in [1.807, 2.05) is 0 Å². The van der Waals surface area contributed by atoms with Crippen LogP contribution in [-0.4, -0.2) is 26.6 Å². The molecule has 3 N–H and O–H groups in total. The highest BCUT2D eigenvalue weighted by molar-refractivity contribution is 5.85. The maximum atomic E-state index is 9.46. The standard InChI is InChI=1S/C8H10N2O3/c1-5-8(12)7(3-10-13)6(4-11)2-9-5/h2-3,11-13H,4H2,1H3. The van der Waals surface area contributed by atoms with E-state index in [-0.39, 0.29) is 17.9 Å². The molecular formula is C8H10N2O3. The average Bonchev–Trinajstić information content (AvgIpc) is 2.14. The maximum Gasteiger partial charge on any atom is 0.146 e. The monoisotopic (exact) mass is 182 g/mol. The zero-order valence-electron chi connectivity index (χ0n) is 7.10. The molecule has 5 heteroatoms. The third-order valence-electron chi connectivity index (χ3n) is 1.71. The van der Waals surface area contributed by atoms with Gasteiger partial charge in [-0.1, -0.05) is 5.16 Å². The maximum absolute atomic E-state index is 9.46. The Morgan fingerprint density at radius 2 is 2.31 bits per heavy atom. The highest BCUT2D eigenvalue weighted by Crippen LogP contribution is 2.21. The van der Waals surface area contributed by atoms with Crippen molar-refractivity contribution in [3.05, 3.63) is 23.0 Å². The average molecular weight is 182 g/mol. The molecule has 13 heavy (non-hydrogen) atoms. The smallest absolute Gasteiger partial charge is 0.146 e. The van der Waals surface area contributed by atoms with Crippen molar-refractivity contribution in [2.45, 2.75) is 13.5 Å². The van der Waals surface area contributed by atoms with E-state index in [2.05, 4.69) is 10.1 Å². The van der Waals surface area contributed by atoms with Gasteiger partial charge in [0.05, 0.1) is 18.5 Å². The van der Waals surface area contributed by atoms with Gasteiger partial charge < -0.3 is 15.4 Å². The third kappa shape index (κ3) is 1.75. The van der Waals surface area contributed by atoms with Gasteiger partial charge in [0, 0.05) is 17.3 Å². The predicted octanol–water partition coefficient (Wildman–Crippen LogP) is 0.396. The molecule has 5 nitrogen and oxygen atoms in total. The normalized spacial score (nSPS) is 10.9. The summed E-state index contributed by atoms with van der Waals surface area (Å²) in [4.78, 5) is 3.84. The van der Waals surface area contributed by atoms with Gasteiger partial charge in [-0.05, 0) is 6.92 Å². The SMILES string of the molecule is Cc1ncc(CO)c(C=NO)c1O. The lowest BCUT2D eigenvalue weighted by Crippen LogP contribution is -1.97. The summed E-state index contributed by atoms with van der Waals surface area (Å²) in [6.45, 7) is 1.35. The lowest BCUT2D eigenvalue weighted by molar-refractivity contribution is 0.280. The van der Waals surface area contributed by atoms with Crippen molar-refractivity contribution < 1.29 is 15.4 Å². The Morgan fingerprint density at radius 3 is 2.85 bits per heavy atom. The first-order valence-electron chi connectivity index (χ1n) is 3.66. The van der Waals surface area contributed by atoms with E-state index in [9.17, 15) is 5.11 Å².